The van der Waals surface area contributed by atoms with Gasteiger partial charge in [0, 0.05) is 11.8 Å². The van der Waals surface area contributed by atoms with Crippen molar-refractivity contribution < 1.29 is 14.8 Å². The molecule has 1 unspecified atom stereocenters. The molecule has 6 heteroatoms. The van der Waals surface area contributed by atoms with Crippen LogP contribution in [0.1, 0.15) is 31.7 Å². The molecule has 17 heavy (non-hydrogen) atoms. The monoisotopic (exact) mass is 238 g/mol. The van der Waals surface area contributed by atoms with Gasteiger partial charge in [0.15, 0.2) is 0 Å². The Morgan fingerprint density at radius 3 is 2.71 bits per heavy atom. The number of nitrogens with zero attached hydrogens (tertiary/aromatic N) is 2. The number of aliphatic carboxylic acids is 1. The Balaban J connectivity index is 3.18. The number of pyridine rings is 1. The zero-order valence-electron chi connectivity index (χ0n) is 9.66. The third-order valence-electron chi connectivity index (χ3n) is 2.41. The highest BCUT2D eigenvalue weighted by molar-refractivity contribution is 5.77. The van der Waals surface area contributed by atoms with Gasteiger partial charge in [-0.1, -0.05) is 13.8 Å². The van der Waals surface area contributed by atoms with Crippen LogP contribution in [0.3, 0.4) is 0 Å². The lowest BCUT2D eigenvalue weighted by Crippen LogP contribution is -2.15. The number of hydrogen-bond acceptors (Lipinski definition) is 4. The summed E-state index contributed by atoms with van der Waals surface area (Å²) in [4.78, 5) is 25.0. The maximum atomic E-state index is 11.2. The summed E-state index contributed by atoms with van der Waals surface area (Å²) in [6.07, 6.45) is 2.82. The van der Waals surface area contributed by atoms with Crippen molar-refractivity contribution in [3.8, 4) is 0 Å². The van der Waals surface area contributed by atoms with Crippen molar-refractivity contribution in [2.75, 3.05) is 0 Å². The quantitative estimate of drug-likeness (QED) is 0.627. The Morgan fingerprint density at radius 1 is 1.59 bits per heavy atom. The van der Waals surface area contributed by atoms with Crippen LogP contribution in [-0.2, 0) is 4.79 Å². The van der Waals surface area contributed by atoms with E-state index in [0.717, 1.165) is 6.20 Å². The van der Waals surface area contributed by atoms with E-state index in [0.29, 0.717) is 6.42 Å². The molecule has 1 aromatic rings. The minimum Gasteiger partial charge on any atom is -0.481 e. The molecular weight excluding hydrogens is 224 g/mol. The molecule has 92 valence electrons. The Hall–Kier alpha value is -1.98. The van der Waals surface area contributed by atoms with E-state index in [-0.39, 0.29) is 17.2 Å². The number of aromatic nitrogens is 1. The molecule has 0 radical (unpaired) electrons. The zero-order chi connectivity index (χ0) is 13.0. The first-order chi connectivity index (χ1) is 7.93. The van der Waals surface area contributed by atoms with E-state index in [1.165, 1.54) is 12.3 Å². The van der Waals surface area contributed by atoms with Crippen molar-refractivity contribution in [1.82, 2.24) is 4.98 Å². The molecule has 0 saturated carbocycles. The van der Waals surface area contributed by atoms with E-state index in [9.17, 15) is 14.9 Å². The van der Waals surface area contributed by atoms with Crippen LogP contribution in [0.5, 0.6) is 0 Å². The number of nitro groups is 1. The van der Waals surface area contributed by atoms with E-state index < -0.39 is 16.8 Å². The van der Waals surface area contributed by atoms with Gasteiger partial charge in [0.05, 0.1) is 10.8 Å². The second-order valence-electron chi connectivity index (χ2n) is 4.21. The third-order valence-corrected chi connectivity index (χ3v) is 2.41. The van der Waals surface area contributed by atoms with Gasteiger partial charge in [0.1, 0.15) is 6.20 Å². The van der Waals surface area contributed by atoms with Crippen molar-refractivity contribution >= 4 is 11.7 Å². The number of carboxylic acid groups (broad SMARTS) is 1. The fourth-order valence-electron chi connectivity index (χ4n) is 1.68. The first-order valence-electron chi connectivity index (χ1n) is 5.24. The topological polar surface area (TPSA) is 93.3 Å². The highest BCUT2D eigenvalue weighted by atomic mass is 16.6. The first kappa shape index (κ1) is 13.1. The fourth-order valence-corrected chi connectivity index (χ4v) is 1.68. The molecule has 0 fully saturated rings. The van der Waals surface area contributed by atoms with Gasteiger partial charge in [-0.05, 0) is 18.4 Å². The van der Waals surface area contributed by atoms with E-state index >= 15 is 0 Å². The summed E-state index contributed by atoms with van der Waals surface area (Å²) in [7, 11) is 0. The minimum atomic E-state index is -1.05. The Bertz CT molecular complexity index is 431. The molecular formula is C11H14N2O4. The smallest absolute Gasteiger partial charge is 0.311 e. The van der Waals surface area contributed by atoms with Crippen molar-refractivity contribution in [3.05, 3.63) is 34.1 Å². The van der Waals surface area contributed by atoms with Crippen LogP contribution in [0.25, 0.3) is 0 Å². The molecule has 1 heterocycles. The Morgan fingerprint density at radius 2 is 2.24 bits per heavy atom. The summed E-state index contributed by atoms with van der Waals surface area (Å²) in [5.41, 5.74) is -0.0215. The van der Waals surface area contributed by atoms with Gasteiger partial charge in [-0.15, -0.1) is 0 Å². The second kappa shape index (κ2) is 5.38. The van der Waals surface area contributed by atoms with Gasteiger partial charge in [-0.2, -0.15) is 0 Å². The van der Waals surface area contributed by atoms with Gasteiger partial charge in [-0.3, -0.25) is 19.9 Å². The highest BCUT2D eigenvalue weighted by Crippen LogP contribution is 2.30. The largest absolute Gasteiger partial charge is 0.481 e. The fraction of sp³-hybridized carbons (Fsp3) is 0.455. The van der Waals surface area contributed by atoms with Crippen LogP contribution in [0.4, 0.5) is 5.69 Å². The van der Waals surface area contributed by atoms with Crippen LogP contribution < -0.4 is 0 Å². The molecule has 1 rings (SSSR count). The molecule has 1 atom stereocenters. The normalized spacial score (nSPS) is 12.4. The summed E-state index contributed by atoms with van der Waals surface area (Å²) in [5.74, 6) is -1.77. The average Bonchev–Trinajstić information content (AvgIpc) is 2.25. The standard InChI is InChI=1S/C11H14N2O4/c1-7(2)5-9(11(14)15)8-3-4-12-6-10(8)13(16)17/h3-4,6-7,9H,5H2,1-2H3,(H,14,15). The maximum absolute atomic E-state index is 11.2. The van der Waals surface area contributed by atoms with Crippen molar-refractivity contribution in [1.29, 1.82) is 0 Å². The van der Waals surface area contributed by atoms with Crippen LogP contribution in [0.2, 0.25) is 0 Å². The summed E-state index contributed by atoms with van der Waals surface area (Å²) >= 11 is 0. The van der Waals surface area contributed by atoms with Gasteiger partial charge in [-0.25, -0.2) is 0 Å². The molecule has 0 bridgehead atoms. The van der Waals surface area contributed by atoms with Crippen LogP contribution in [-0.4, -0.2) is 21.0 Å². The van der Waals surface area contributed by atoms with E-state index in [1.807, 2.05) is 13.8 Å². The van der Waals surface area contributed by atoms with Gasteiger partial charge < -0.3 is 5.11 Å². The second-order valence-corrected chi connectivity index (χ2v) is 4.21. The van der Waals surface area contributed by atoms with E-state index in [4.69, 9.17) is 5.11 Å². The predicted molar refractivity (Wildman–Crippen MR) is 60.7 cm³/mol. The van der Waals surface area contributed by atoms with Gasteiger partial charge in [0.2, 0.25) is 0 Å². The molecule has 1 aromatic heterocycles. The third kappa shape index (κ3) is 3.24. The molecule has 1 N–H and O–H groups in total. The highest BCUT2D eigenvalue weighted by Gasteiger charge is 2.28. The van der Waals surface area contributed by atoms with Crippen LogP contribution >= 0.6 is 0 Å². The van der Waals surface area contributed by atoms with Crippen molar-refractivity contribution in [3.63, 3.8) is 0 Å². The molecule has 0 aromatic carbocycles. The molecule has 0 saturated heterocycles. The van der Waals surface area contributed by atoms with Crippen molar-refractivity contribution in [2.45, 2.75) is 26.2 Å². The van der Waals surface area contributed by atoms with Gasteiger partial charge >= 0.3 is 5.97 Å². The lowest BCUT2D eigenvalue weighted by atomic mass is 9.90. The molecule has 0 amide bonds. The van der Waals surface area contributed by atoms with E-state index in [1.54, 1.807) is 0 Å². The van der Waals surface area contributed by atoms with E-state index in [2.05, 4.69) is 4.98 Å². The van der Waals surface area contributed by atoms with Crippen LogP contribution in [0, 0.1) is 16.0 Å². The zero-order valence-corrected chi connectivity index (χ0v) is 9.66. The summed E-state index contributed by atoms with van der Waals surface area (Å²) in [6.45, 7) is 3.76. The van der Waals surface area contributed by atoms with Crippen molar-refractivity contribution in [2.24, 2.45) is 5.92 Å². The number of hydrogen-bond donors (Lipinski definition) is 1. The number of carbonyl (C=O) groups is 1. The summed E-state index contributed by atoms with van der Waals surface area (Å²) in [5, 5.41) is 19.9. The molecule has 0 spiro atoms. The van der Waals surface area contributed by atoms with Gasteiger partial charge in [0.25, 0.3) is 5.69 Å². The maximum Gasteiger partial charge on any atom is 0.311 e. The summed E-state index contributed by atoms with van der Waals surface area (Å²) < 4.78 is 0. The average molecular weight is 238 g/mol. The Kier molecular flexibility index (Phi) is 4.14. The predicted octanol–water partition coefficient (Wildman–Crippen LogP) is 2.20. The van der Waals surface area contributed by atoms with Crippen LogP contribution in [0.15, 0.2) is 18.5 Å². The summed E-state index contributed by atoms with van der Waals surface area (Å²) in [6, 6.07) is 1.40. The molecule has 6 nitrogen and oxygen atoms in total. The molecule has 0 aliphatic rings. The minimum absolute atomic E-state index is 0.142. The molecule has 0 aliphatic carbocycles. The number of rotatable bonds is 5. The Labute approximate surface area is 98.4 Å². The number of carboxylic acids is 1. The lowest BCUT2D eigenvalue weighted by molar-refractivity contribution is -0.386. The first-order valence-corrected chi connectivity index (χ1v) is 5.24. The SMILES string of the molecule is CC(C)CC(C(=O)O)c1ccncc1[N+](=O)[O-]. The molecule has 0 aliphatic heterocycles. The lowest BCUT2D eigenvalue weighted by Gasteiger charge is -2.14.